The van der Waals surface area contributed by atoms with E-state index in [4.69, 9.17) is 21.7 Å². The molecular weight excluding hydrogens is 436 g/mol. The van der Waals surface area contributed by atoms with E-state index in [9.17, 15) is 4.79 Å². The molecule has 0 spiro atoms. The summed E-state index contributed by atoms with van der Waals surface area (Å²) < 4.78 is 11.6. The topological polar surface area (TPSA) is 84.5 Å². The largest absolute Gasteiger partial charge is 0.493 e. The Kier molecular flexibility index (Phi) is 6.85. The molecule has 3 aromatic rings. The molecule has 0 bridgehead atoms. The molecule has 168 valence electrons. The first kappa shape index (κ1) is 22.3. The lowest BCUT2D eigenvalue weighted by molar-refractivity contribution is -0.113. The van der Waals surface area contributed by atoms with Crippen LogP contribution in [0.3, 0.4) is 0 Å². The van der Waals surface area contributed by atoms with Gasteiger partial charge in [-0.25, -0.2) is 4.98 Å². The number of carbonyl (C=O) groups is 1. The van der Waals surface area contributed by atoms with Crippen LogP contribution >= 0.6 is 12.2 Å². The maximum atomic E-state index is 13.2. The van der Waals surface area contributed by atoms with Crippen LogP contribution < -0.4 is 25.4 Å². The molecule has 0 fully saturated rings. The van der Waals surface area contributed by atoms with E-state index >= 15 is 0 Å². The maximum Gasteiger partial charge on any atom is 0.256 e. The molecule has 2 aromatic carbocycles. The second kappa shape index (κ2) is 10.1. The van der Waals surface area contributed by atoms with Crippen LogP contribution in [0.5, 0.6) is 11.5 Å². The Hall–Kier alpha value is -3.91. The van der Waals surface area contributed by atoms with Crippen LogP contribution in [0.25, 0.3) is 0 Å². The zero-order valence-electron chi connectivity index (χ0n) is 18.3. The third kappa shape index (κ3) is 5.30. The molecule has 1 amide bonds. The maximum absolute atomic E-state index is 13.2. The van der Waals surface area contributed by atoms with Crippen LogP contribution in [0.1, 0.15) is 24.1 Å². The number of methoxy groups -OCH3 is 1. The minimum absolute atomic E-state index is 0.277. The second-order valence-corrected chi connectivity index (χ2v) is 7.83. The van der Waals surface area contributed by atoms with E-state index in [2.05, 4.69) is 20.9 Å². The van der Waals surface area contributed by atoms with Gasteiger partial charge in [0.2, 0.25) is 0 Å². The summed E-state index contributed by atoms with van der Waals surface area (Å²) in [5, 5.41) is 9.54. The highest BCUT2D eigenvalue weighted by Gasteiger charge is 2.30. The average molecular weight is 461 g/mol. The average Bonchev–Trinajstić information content (AvgIpc) is 2.83. The molecule has 33 heavy (non-hydrogen) atoms. The predicted octanol–water partition coefficient (Wildman–Crippen LogP) is 4.10. The lowest BCUT2D eigenvalue weighted by atomic mass is 9.94. The van der Waals surface area contributed by atoms with Gasteiger partial charge >= 0.3 is 0 Å². The minimum atomic E-state index is -0.479. The molecule has 7 nitrogen and oxygen atoms in total. The highest BCUT2D eigenvalue weighted by Crippen LogP contribution is 2.35. The van der Waals surface area contributed by atoms with Gasteiger partial charge in [0.25, 0.3) is 5.91 Å². The van der Waals surface area contributed by atoms with Gasteiger partial charge < -0.3 is 25.4 Å². The Morgan fingerprint density at radius 3 is 2.61 bits per heavy atom. The van der Waals surface area contributed by atoms with Crippen LogP contribution in [0, 0.1) is 0 Å². The molecule has 0 unspecified atom stereocenters. The fourth-order valence-corrected chi connectivity index (χ4v) is 3.86. The number of rotatable bonds is 7. The van der Waals surface area contributed by atoms with Crippen LogP contribution in [-0.4, -0.2) is 23.1 Å². The lowest BCUT2D eigenvalue weighted by Crippen LogP contribution is -2.45. The van der Waals surface area contributed by atoms with E-state index in [0.29, 0.717) is 40.3 Å². The number of thiocarbonyl (C=S) groups is 1. The van der Waals surface area contributed by atoms with Crippen LogP contribution in [0.2, 0.25) is 0 Å². The quantitative estimate of drug-likeness (QED) is 0.458. The summed E-state index contributed by atoms with van der Waals surface area (Å²) in [5.74, 6) is 1.37. The van der Waals surface area contributed by atoms with Crippen molar-refractivity contribution in [3.05, 3.63) is 95.3 Å². The molecule has 1 aliphatic heterocycles. The summed E-state index contributed by atoms with van der Waals surface area (Å²) in [6.07, 6.45) is 1.63. The molecule has 0 saturated carbocycles. The molecule has 1 aliphatic rings. The lowest BCUT2D eigenvalue weighted by Gasteiger charge is -2.30. The molecule has 0 aliphatic carbocycles. The van der Waals surface area contributed by atoms with Crippen molar-refractivity contribution in [1.29, 1.82) is 0 Å². The molecule has 1 atom stereocenters. The predicted molar refractivity (Wildman–Crippen MR) is 131 cm³/mol. The normalized spacial score (nSPS) is 15.3. The summed E-state index contributed by atoms with van der Waals surface area (Å²) in [7, 11) is 1.60. The van der Waals surface area contributed by atoms with Gasteiger partial charge in [0, 0.05) is 11.9 Å². The molecular formula is C25H24N4O3S. The van der Waals surface area contributed by atoms with E-state index < -0.39 is 6.04 Å². The van der Waals surface area contributed by atoms with Crippen molar-refractivity contribution >= 4 is 29.1 Å². The summed E-state index contributed by atoms with van der Waals surface area (Å²) in [6.45, 7) is 2.21. The SMILES string of the molecule is COc1ccc([C@@H]2NC(=S)NC(C)=C2C(=O)Nc2ccccn2)cc1OCc1ccccc1. The van der Waals surface area contributed by atoms with E-state index in [1.54, 1.807) is 25.4 Å². The molecule has 0 saturated heterocycles. The number of hydrogen-bond acceptors (Lipinski definition) is 5. The van der Waals surface area contributed by atoms with Crippen molar-refractivity contribution in [3.63, 3.8) is 0 Å². The Balaban J connectivity index is 1.64. The number of nitrogens with one attached hydrogen (secondary N) is 3. The van der Waals surface area contributed by atoms with Gasteiger partial charge in [-0.3, -0.25) is 4.79 Å². The highest BCUT2D eigenvalue weighted by molar-refractivity contribution is 7.80. The standard InChI is InChI=1S/C25H24N4O3S/c1-16-22(24(30)28-21-10-6-7-13-26-21)23(29-25(33)27-16)18-11-12-19(31-2)20(14-18)32-15-17-8-4-3-5-9-17/h3-14,23H,15H2,1-2H3,(H,26,28,30)(H2,27,29,33)/t23-/m0/s1. The number of ether oxygens (including phenoxy) is 2. The number of amides is 1. The van der Waals surface area contributed by atoms with Gasteiger partial charge in [-0.05, 0) is 54.5 Å². The molecule has 1 aromatic heterocycles. The van der Waals surface area contributed by atoms with Crippen molar-refractivity contribution in [3.8, 4) is 11.5 Å². The Labute approximate surface area is 197 Å². The Morgan fingerprint density at radius 2 is 1.88 bits per heavy atom. The summed E-state index contributed by atoms with van der Waals surface area (Å²) in [5.41, 5.74) is 3.03. The Morgan fingerprint density at radius 1 is 1.09 bits per heavy atom. The van der Waals surface area contributed by atoms with Crippen LogP contribution in [0.4, 0.5) is 5.82 Å². The van der Waals surface area contributed by atoms with Gasteiger partial charge in [0.1, 0.15) is 12.4 Å². The van der Waals surface area contributed by atoms with Gasteiger partial charge in [-0.1, -0.05) is 42.5 Å². The molecule has 3 N–H and O–H groups in total. The highest BCUT2D eigenvalue weighted by atomic mass is 32.1. The number of anilines is 1. The smallest absolute Gasteiger partial charge is 0.256 e. The van der Waals surface area contributed by atoms with E-state index in [1.165, 1.54) is 0 Å². The van der Waals surface area contributed by atoms with Crippen molar-refractivity contribution < 1.29 is 14.3 Å². The number of allylic oxidation sites excluding steroid dienone is 1. The third-order valence-corrected chi connectivity index (χ3v) is 5.40. The third-order valence-electron chi connectivity index (χ3n) is 5.18. The zero-order valence-corrected chi connectivity index (χ0v) is 19.1. The van der Waals surface area contributed by atoms with Gasteiger partial charge in [0.05, 0.1) is 18.7 Å². The molecule has 4 rings (SSSR count). The van der Waals surface area contributed by atoms with Crippen molar-refractivity contribution in [2.45, 2.75) is 19.6 Å². The van der Waals surface area contributed by atoms with Gasteiger partial charge in [0.15, 0.2) is 16.6 Å². The summed E-state index contributed by atoms with van der Waals surface area (Å²) >= 11 is 5.37. The number of aromatic nitrogens is 1. The first-order valence-electron chi connectivity index (χ1n) is 10.4. The van der Waals surface area contributed by atoms with E-state index in [0.717, 1.165) is 11.1 Å². The molecule has 2 heterocycles. The number of carbonyl (C=O) groups excluding carboxylic acids is 1. The first-order chi connectivity index (χ1) is 16.0. The Bertz CT molecular complexity index is 1180. The zero-order chi connectivity index (χ0) is 23.2. The number of hydrogen-bond donors (Lipinski definition) is 3. The molecule has 0 radical (unpaired) electrons. The van der Waals surface area contributed by atoms with Gasteiger partial charge in [-0.15, -0.1) is 0 Å². The molecule has 8 heteroatoms. The number of benzene rings is 2. The summed E-state index contributed by atoms with van der Waals surface area (Å²) in [6, 6.07) is 20.3. The van der Waals surface area contributed by atoms with Crippen LogP contribution in [-0.2, 0) is 11.4 Å². The van der Waals surface area contributed by atoms with Crippen molar-refractivity contribution in [2.75, 3.05) is 12.4 Å². The minimum Gasteiger partial charge on any atom is -0.493 e. The van der Waals surface area contributed by atoms with E-state index in [1.807, 2.05) is 61.5 Å². The van der Waals surface area contributed by atoms with Crippen molar-refractivity contribution in [1.82, 2.24) is 15.6 Å². The van der Waals surface area contributed by atoms with Gasteiger partial charge in [-0.2, -0.15) is 0 Å². The number of nitrogens with zero attached hydrogens (tertiary/aromatic N) is 1. The fraction of sp³-hybridized carbons (Fsp3) is 0.160. The first-order valence-corrected chi connectivity index (χ1v) is 10.8. The summed E-state index contributed by atoms with van der Waals surface area (Å²) in [4.78, 5) is 17.4. The van der Waals surface area contributed by atoms with E-state index in [-0.39, 0.29) is 5.91 Å². The van der Waals surface area contributed by atoms with Crippen LogP contribution in [0.15, 0.2) is 84.2 Å². The number of pyridine rings is 1. The fourth-order valence-electron chi connectivity index (χ4n) is 3.59. The monoisotopic (exact) mass is 460 g/mol. The van der Waals surface area contributed by atoms with Crippen molar-refractivity contribution in [2.24, 2.45) is 0 Å². The second-order valence-electron chi connectivity index (χ2n) is 7.42.